The van der Waals surface area contributed by atoms with E-state index in [1.807, 2.05) is 12.1 Å². The van der Waals surface area contributed by atoms with Gasteiger partial charge in [0.15, 0.2) is 0 Å². The Morgan fingerprint density at radius 1 is 1.17 bits per heavy atom. The van der Waals surface area contributed by atoms with Gasteiger partial charge in [-0.3, -0.25) is 9.78 Å². The van der Waals surface area contributed by atoms with Crippen LogP contribution in [0.25, 0.3) is 10.9 Å². The third-order valence-corrected chi connectivity index (χ3v) is 3.67. The maximum absolute atomic E-state index is 11.3. The van der Waals surface area contributed by atoms with E-state index in [4.69, 9.17) is 11.6 Å². The lowest BCUT2D eigenvalue weighted by atomic mass is 10.1. The Morgan fingerprint density at radius 2 is 1.88 bits per heavy atom. The predicted molar refractivity (Wildman–Crippen MR) is 95.5 cm³/mol. The van der Waals surface area contributed by atoms with Gasteiger partial charge in [-0.15, -0.1) is 0 Å². The number of aromatic nitrogens is 1. The maximum atomic E-state index is 11.3. The Balaban J connectivity index is 2.13. The van der Waals surface area contributed by atoms with Gasteiger partial charge in [0.1, 0.15) is 6.07 Å². The van der Waals surface area contributed by atoms with Gasteiger partial charge in [0.2, 0.25) is 5.91 Å². The molecule has 3 aromatic rings. The van der Waals surface area contributed by atoms with E-state index in [0.717, 1.165) is 16.6 Å². The number of nitriles is 1. The molecule has 6 heteroatoms. The number of nitrogens with zero attached hydrogens (tertiary/aromatic N) is 2. The molecule has 2 aromatic carbocycles. The number of halogens is 1. The highest BCUT2D eigenvalue weighted by Gasteiger charge is 2.10. The summed E-state index contributed by atoms with van der Waals surface area (Å²) in [5.41, 5.74) is 3.22. The molecule has 0 aliphatic heterocycles. The molecule has 0 saturated heterocycles. The van der Waals surface area contributed by atoms with Gasteiger partial charge in [-0.2, -0.15) is 5.26 Å². The number of hydrogen-bond acceptors (Lipinski definition) is 4. The van der Waals surface area contributed by atoms with Crippen molar-refractivity contribution in [3.05, 3.63) is 59.2 Å². The van der Waals surface area contributed by atoms with Crippen molar-refractivity contribution in [1.29, 1.82) is 5.26 Å². The lowest BCUT2D eigenvalue weighted by Crippen LogP contribution is -2.05. The van der Waals surface area contributed by atoms with E-state index < -0.39 is 0 Å². The maximum Gasteiger partial charge on any atom is 0.221 e. The molecule has 2 N–H and O–H groups in total. The van der Waals surface area contributed by atoms with Crippen molar-refractivity contribution in [2.24, 2.45) is 0 Å². The number of fused-ring (bicyclic) bond motifs is 1. The molecule has 0 spiro atoms. The van der Waals surface area contributed by atoms with E-state index in [-0.39, 0.29) is 5.91 Å². The van der Waals surface area contributed by atoms with Crippen LogP contribution >= 0.6 is 11.6 Å². The summed E-state index contributed by atoms with van der Waals surface area (Å²) in [5.74, 6) is -0.161. The molecule has 0 unspecified atom stereocenters. The molecule has 3 rings (SSSR count). The molecule has 1 heterocycles. The average Bonchev–Trinajstić information content (AvgIpc) is 2.56. The fourth-order valence-corrected chi connectivity index (χ4v) is 2.50. The second-order valence-electron chi connectivity index (χ2n) is 5.20. The molecule has 0 fully saturated rings. The van der Waals surface area contributed by atoms with Gasteiger partial charge in [0.05, 0.1) is 16.8 Å². The topological polar surface area (TPSA) is 77.8 Å². The average molecular weight is 337 g/mol. The van der Waals surface area contributed by atoms with E-state index in [1.165, 1.54) is 13.1 Å². The van der Waals surface area contributed by atoms with Gasteiger partial charge in [0.25, 0.3) is 0 Å². The molecule has 0 bridgehead atoms. The zero-order valence-electron chi connectivity index (χ0n) is 12.8. The van der Waals surface area contributed by atoms with Crippen LogP contribution in [-0.4, -0.2) is 10.9 Å². The van der Waals surface area contributed by atoms with Crippen molar-refractivity contribution >= 4 is 45.5 Å². The number of hydrogen-bond donors (Lipinski definition) is 2. The van der Waals surface area contributed by atoms with Crippen molar-refractivity contribution in [2.75, 3.05) is 10.6 Å². The van der Waals surface area contributed by atoms with Crippen molar-refractivity contribution < 1.29 is 4.79 Å². The number of amides is 1. The minimum atomic E-state index is -0.161. The fraction of sp³-hybridized carbons (Fsp3) is 0.0556. The van der Waals surface area contributed by atoms with Crippen molar-refractivity contribution in [1.82, 2.24) is 4.98 Å². The highest BCUT2D eigenvalue weighted by Crippen LogP contribution is 2.31. The Bertz CT molecular complexity index is 961. The molecule has 24 heavy (non-hydrogen) atoms. The van der Waals surface area contributed by atoms with Crippen LogP contribution in [0.4, 0.5) is 17.1 Å². The van der Waals surface area contributed by atoms with Crippen LogP contribution in [0.5, 0.6) is 0 Å². The smallest absolute Gasteiger partial charge is 0.221 e. The summed E-state index contributed by atoms with van der Waals surface area (Å²) in [4.78, 5) is 15.6. The second-order valence-corrected chi connectivity index (χ2v) is 5.64. The third-order valence-electron chi connectivity index (χ3n) is 3.42. The molecule has 1 aromatic heterocycles. The minimum absolute atomic E-state index is 0.161. The van der Waals surface area contributed by atoms with E-state index in [1.54, 1.807) is 30.3 Å². The Labute approximate surface area is 143 Å². The predicted octanol–water partition coefficient (Wildman–Crippen LogP) is 4.46. The highest BCUT2D eigenvalue weighted by atomic mass is 35.5. The van der Waals surface area contributed by atoms with Crippen molar-refractivity contribution in [3.63, 3.8) is 0 Å². The first kappa shape index (κ1) is 15.8. The molecule has 0 aliphatic carbocycles. The number of rotatable bonds is 3. The van der Waals surface area contributed by atoms with Crippen LogP contribution in [-0.2, 0) is 4.79 Å². The molecule has 0 saturated carbocycles. The van der Waals surface area contributed by atoms with Crippen LogP contribution in [0.3, 0.4) is 0 Å². The first-order valence-electron chi connectivity index (χ1n) is 7.20. The van der Waals surface area contributed by atoms with Crippen LogP contribution < -0.4 is 10.6 Å². The molecule has 5 nitrogen and oxygen atoms in total. The van der Waals surface area contributed by atoms with Crippen LogP contribution in [0.2, 0.25) is 5.02 Å². The number of carbonyl (C=O) groups excluding carboxylic acids is 1. The Hall–Kier alpha value is -3.10. The Morgan fingerprint density at radius 3 is 2.54 bits per heavy atom. The summed E-state index contributed by atoms with van der Waals surface area (Å²) in [7, 11) is 0. The lowest BCUT2D eigenvalue weighted by molar-refractivity contribution is -0.114. The summed E-state index contributed by atoms with van der Waals surface area (Å²) in [5, 5.41) is 16.8. The van der Waals surface area contributed by atoms with E-state index in [2.05, 4.69) is 21.7 Å². The number of carbonyl (C=O) groups is 1. The molecular weight excluding hydrogens is 324 g/mol. The highest BCUT2D eigenvalue weighted by molar-refractivity contribution is 6.30. The standard InChI is InChI=1S/C18H13ClN4O/c1-11(24)22-15-6-7-17-16(8-15)18(12(9-20)10-21-17)23-14-4-2-13(19)3-5-14/h2-8,10H,1H3,(H,21,23)(H,22,24). The largest absolute Gasteiger partial charge is 0.354 e. The second kappa shape index (κ2) is 6.57. The van der Waals surface area contributed by atoms with Gasteiger partial charge in [0, 0.05) is 34.9 Å². The third kappa shape index (κ3) is 3.29. The zero-order valence-corrected chi connectivity index (χ0v) is 13.6. The lowest BCUT2D eigenvalue weighted by Gasteiger charge is -2.13. The van der Waals surface area contributed by atoms with Crippen LogP contribution in [0.1, 0.15) is 12.5 Å². The molecule has 1 amide bonds. The molecule has 0 atom stereocenters. The molecular formula is C18H13ClN4O. The van der Waals surface area contributed by atoms with Crippen LogP contribution in [0, 0.1) is 11.3 Å². The minimum Gasteiger partial charge on any atom is -0.354 e. The quantitative estimate of drug-likeness (QED) is 0.740. The van der Waals surface area contributed by atoms with Crippen LogP contribution in [0.15, 0.2) is 48.7 Å². The number of anilines is 3. The van der Waals surface area contributed by atoms with Crippen molar-refractivity contribution in [3.8, 4) is 6.07 Å². The first-order chi connectivity index (χ1) is 11.6. The number of pyridine rings is 1. The number of benzene rings is 2. The van der Waals surface area contributed by atoms with E-state index in [0.29, 0.717) is 22.0 Å². The zero-order chi connectivity index (χ0) is 17.1. The van der Waals surface area contributed by atoms with Gasteiger partial charge >= 0.3 is 0 Å². The number of nitrogens with one attached hydrogen (secondary N) is 2. The summed E-state index contributed by atoms with van der Waals surface area (Å²) >= 11 is 5.91. The van der Waals surface area contributed by atoms with Gasteiger partial charge in [-0.1, -0.05) is 11.6 Å². The molecule has 0 aliphatic rings. The van der Waals surface area contributed by atoms with E-state index in [9.17, 15) is 10.1 Å². The van der Waals surface area contributed by atoms with Gasteiger partial charge < -0.3 is 10.6 Å². The summed E-state index contributed by atoms with van der Waals surface area (Å²) in [6.45, 7) is 1.45. The molecule has 0 radical (unpaired) electrons. The van der Waals surface area contributed by atoms with Gasteiger partial charge in [-0.05, 0) is 42.5 Å². The summed E-state index contributed by atoms with van der Waals surface area (Å²) in [6, 6.07) is 14.7. The van der Waals surface area contributed by atoms with Gasteiger partial charge in [-0.25, -0.2) is 0 Å². The fourth-order valence-electron chi connectivity index (χ4n) is 2.37. The summed E-state index contributed by atoms with van der Waals surface area (Å²) in [6.07, 6.45) is 1.53. The normalized spacial score (nSPS) is 10.2. The molecule has 118 valence electrons. The Kier molecular flexibility index (Phi) is 4.32. The monoisotopic (exact) mass is 336 g/mol. The summed E-state index contributed by atoms with van der Waals surface area (Å²) < 4.78 is 0. The van der Waals surface area contributed by atoms with E-state index >= 15 is 0 Å². The SMILES string of the molecule is CC(=O)Nc1ccc2ncc(C#N)c(Nc3ccc(Cl)cc3)c2c1. The van der Waals surface area contributed by atoms with Crippen molar-refractivity contribution in [2.45, 2.75) is 6.92 Å². The first-order valence-corrected chi connectivity index (χ1v) is 7.57.